The van der Waals surface area contributed by atoms with Gasteiger partial charge in [-0.05, 0) is 73.0 Å². The maximum atomic E-state index is 12.5. The van der Waals surface area contributed by atoms with Crippen LogP contribution in [0.2, 0.25) is 0 Å². The molecule has 0 aliphatic rings. The van der Waals surface area contributed by atoms with Gasteiger partial charge >= 0.3 is 5.97 Å². The van der Waals surface area contributed by atoms with Gasteiger partial charge in [0.25, 0.3) is 5.91 Å². The van der Waals surface area contributed by atoms with E-state index in [1.165, 1.54) is 0 Å². The zero-order chi connectivity index (χ0) is 22.5. The summed E-state index contributed by atoms with van der Waals surface area (Å²) in [5.74, 6) is -0.284. The average molecular weight is 421 g/mol. The molecule has 0 saturated carbocycles. The number of carbonyl (C=O) groups is 2. The van der Waals surface area contributed by atoms with Crippen molar-refractivity contribution in [1.29, 1.82) is 0 Å². The Morgan fingerprint density at radius 1 is 0.688 bits per heavy atom. The van der Waals surface area contributed by atoms with Crippen LogP contribution in [0.3, 0.4) is 0 Å². The zero-order valence-corrected chi connectivity index (χ0v) is 18.0. The first-order valence-corrected chi connectivity index (χ1v) is 10.4. The van der Waals surface area contributed by atoms with Crippen molar-refractivity contribution in [2.75, 3.05) is 5.32 Å². The summed E-state index contributed by atoms with van der Waals surface area (Å²) in [7, 11) is 0. The van der Waals surface area contributed by atoms with Crippen molar-refractivity contribution < 1.29 is 14.3 Å². The van der Waals surface area contributed by atoms with Gasteiger partial charge in [0, 0.05) is 11.3 Å². The third kappa shape index (κ3) is 4.93. The molecule has 4 aromatic carbocycles. The molecule has 0 aliphatic heterocycles. The van der Waals surface area contributed by atoms with Crippen LogP contribution in [0.15, 0.2) is 97.1 Å². The molecular formula is C28H23NO3. The highest BCUT2D eigenvalue weighted by Gasteiger charge is 2.11. The number of rotatable bonds is 5. The number of carbonyl (C=O) groups excluding carboxylic acids is 2. The van der Waals surface area contributed by atoms with Gasteiger partial charge in [0.05, 0.1) is 5.56 Å². The summed E-state index contributed by atoms with van der Waals surface area (Å²) >= 11 is 0. The minimum atomic E-state index is -0.447. The second-order valence-electron chi connectivity index (χ2n) is 7.63. The summed E-state index contributed by atoms with van der Waals surface area (Å²) in [5.41, 5.74) is 5.97. The molecular weight excluding hydrogens is 398 g/mol. The minimum absolute atomic E-state index is 0.216. The lowest BCUT2D eigenvalue weighted by Crippen LogP contribution is -2.13. The highest BCUT2D eigenvalue weighted by atomic mass is 16.5. The fraction of sp³-hybridized carbons (Fsp3) is 0.0714. The fourth-order valence-electron chi connectivity index (χ4n) is 3.42. The monoisotopic (exact) mass is 421 g/mol. The van der Waals surface area contributed by atoms with Gasteiger partial charge in [0.15, 0.2) is 0 Å². The molecule has 1 amide bonds. The van der Waals surface area contributed by atoms with Gasteiger partial charge in [-0.3, -0.25) is 4.79 Å². The highest BCUT2D eigenvalue weighted by molar-refractivity contribution is 6.04. The van der Waals surface area contributed by atoms with Crippen molar-refractivity contribution >= 4 is 17.6 Å². The Hall–Kier alpha value is -4.18. The first-order chi connectivity index (χ1) is 15.5. The third-order valence-corrected chi connectivity index (χ3v) is 5.18. The number of hydrogen-bond acceptors (Lipinski definition) is 3. The molecule has 0 saturated heterocycles. The SMILES string of the molecule is Cc1ccc(NC(=O)c2ccc(OC(=O)c3ccc(-c4ccccc4)cc3)cc2)c(C)c1. The van der Waals surface area contributed by atoms with Crippen LogP contribution in [0.1, 0.15) is 31.8 Å². The van der Waals surface area contributed by atoms with Gasteiger partial charge < -0.3 is 10.1 Å². The number of benzene rings is 4. The van der Waals surface area contributed by atoms with Crippen LogP contribution < -0.4 is 10.1 Å². The van der Waals surface area contributed by atoms with E-state index in [4.69, 9.17) is 4.74 Å². The summed E-state index contributed by atoms with van der Waals surface area (Å²) in [6.45, 7) is 3.97. The molecule has 4 heteroatoms. The van der Waals surface area contributed by atoms with E-state index in [9.17, 15) is 9.59 Å². The number of nitrogens with one attached hydrogen (secondary N) is 1. The van der Waals surface area contributed by atoms with E-state index >= 15 is 0 Å². The lowest BCUT2D eigenvalue weighted by atomic mass is 10.0. The van der Waals surface area contributed by atoms with Crippen LogP contribution in [0, 0.1) is 13.8 Å². The summed E-state index contributed by atoms with van der Waals surface area (Å²) in [6.07, 6.45) is 0. The van der Waals surface area contributed by atoms with Crippen LogP contribution in [-0.2, 0) is 0 Å². The van der Waals surface area contributed by atoms with Gasteiger partial charge in [-0.15, -0.1) is 0 Å². The van der Waals surface area contributed by atoms with Crippen LogP contribution in [0.5, 0.6) is 5.75 Å². The number of esters is 1. The third-order valence-electron chi connectivity index (χ3n) is 5.18. The van der Waals surface area contributed by atoms with Crippen molar-refractivity contribution in [3.8, 4) is 16.9 Å². The maximum Gasteiger partial charge on any atom is 0.343 e. The van der Waals surface area contributed by atoms with Gasteiger partial charge in [0.1, 0.15) is 5.75 Å². The molecule has 0 radical (unpaired) electrons. The van der Waals surface area contributed by atoms with E-state index in [0.29, 0.717) is 16.9 Å². The molecule has 0 heterocycles. The topological polar surface area (TPSA) is 55.4 Å². The number of hydrogen-bond donors (Lipinski definition) is 1. The van der Waals surface area contributed by atoms with Gasteiger partial charge in [-0.1, -0.05) is 60.2 Å². The van der Waals surface area contributed by atoms with Crippen molar-refractivity contribution in [2.45, 2.75) is 13.8 Å². The van der Waals surface area contributed by atoms with Crippen molar-refractivity contribution in [1.82, 2.24) is 0 Å². The zero-order valence-electron chi connectivity index (χ0n) is 18.0. The van der Waals surface area contributed by atoms with E-state index in [1.807, 2.05) is 74.5 Å². The summed E-state index contributed by atoms with van der Waals surface area (Å²) < 4.78 is 5.46. The molecule has 0 aromatic heterocycles. The molecule has 1 N–H and O–H groups in total. The molecule has 32 heavy (non-hydrogen) atoms. The smallest absolute Gasteiger partial charge is 0.343 e. The van der Waals surface area contributed by atoms with Gasteiger partial charge in [-0.25, -0.2) is 4.79 Å². The summed E-state index contributed by atoms with van der Waals surface area (Å²) in [5, 5.41) is 2.91. The van der Waals surface area contributed by atoms with Crippen molar-refractivity contribution in [3.05, 3.63) is 119 Å². The predicted molar refractivity (Wildman–Crippen MR) is 127 cm³/mol. The molecule has 4 nitrogen and oxygen atoms in total. The quantitative estimate of drug-likeness (QED) is 0.298. The second-order valence-corrected chi connectivity index (χ2v) is 7.63. The molecule has 0 bridgehead atoms. The van der Waals surface area contributed by atoms with E-state index in [2.05, 4.69) is 5.32 Å². The van der Waals surface area contributed by atoms with E-state index in [0.717, 1.165) is 27.9 Å². The van der Waals surface area contributed by atoms with Crippen LogP contribution in [0.25, 0.3) is 11.1 Å². The first kappa shape index (κ1) is 21.1. The molecule has 4 aromatic rings. The minimum Gasteiger partial charge on any atom is -0.423 e. The Bertz CT molecular complexity index is 1240. The first-order valence-electron chi connectivity index (χ1n) is 10.4. The van der Waals surface area contributed by atoms with Crippen LogP contribution in [0.4, 0.5) is 5.69 Å². The van der Waals surface area contributed by atoms with Crippen LogP contribution >= 0.6 is 0 Å². The maximum absolute atomic E-state index is 12.5. The number of ether oxygens (including phenoxy) is 1. The molecule has 0 spiro atoms. The molecule has 0 aliphatic carbocycles. The second kappa shape index (κ2) is 9.31. The van der Waals surface area contributed by atoms with E-state index in [1.54, 1.807) is 36.4 Å². The number of anilines is 1. The average Bonchev–Trinajstić information content (AvgIpc) is 2.82. The Labute approximate surface area is 187 Å². The fourth-order valence-corrected chi connectivity index (χ4v) is 3.42. The Morgan fingerprint density at radius 2 is 1.31 bits per heavy atom. The predicted octanol–water partition coefficient (Wildman–Crippen LogP) is 6.44. The van der Waals surface area contributed by atoms with Crippen molar-refractivity contribution in [3.63, 3.8) is 0 Å². The van der Waals surface area contributed by atoms with Gasteiger partial charge in [0.2, 0.25) is 0 Å². The Balaban J connectivity index is 1.39. The molecule has 4 rings (SSSR count). The standard InChI is InChI=1S/C28H23NO3/c1-19-8-17-26(20(2)18-19)29-27(30)23-13-15-25(16-14-23)32-28(31)24-11-9-22(10-12-24)21-6-4-3-5-7-21/h3-18H,1-2H3,(H,29,30). The Morgan fingerprint density at radius 3 is 1.97 bits per heavy atom. The molecule has 0 atom stereocenters. The molecule has 0 unspecified atom stereocenters. The molecule has 158 valence electrons. The normalized spacial score (nSPS) is 10.4. The number of aryl methyl sites for hydroxylation is 2. The van der Waals surface area contributed by atoms with E-state index in [-0.39, 0.29) is 5.91 Å². The number of amides is 1. The largest absolute Gasteiger partial charge is 0.423 e. The van der Waals surface area contributed by atoms with E-state index < -0.39 is 5.97 Å². The van der Waals surface area contributed by atoms with Crippen LogP contribution in [-0.4, -0.2) is 11.9 Å². The lowest BCUT2D eigenvalue weighted by Gasteiger charge is -2.10. The summed E-state index contributed by atoms with van der Waals surface area (Å²) in [4.78, 5) is 25.0. The Kier molecular flexibility index (Phi) is 6.13. The van der Waals surface area contributed by atoms with Crippen molar-refractivity contribution in [2.24, 2.45) is 0 Å². The summed E-state index contributed by atoms with van der Waals surface area (Å²) in [6, 6.07) is 29.6. The lowest BCUT2D eigenvalue weighted by molar-refractivity contribution is 0.0734. The van der Waals surface area contributed by atoms with Gasteiger partial charge in [-0.2, -0.15) is 0 Å². The highest BCUT2D eigenvalue weighted by Crippen LogP contribution is 2.21. The molecule has 0 fully saturated rings.